The molecule has 1 heterocycles. The molecule has 5 aromatic carbocycles. The van der Waals surface area contributed by atoms with Crippen LogP contribution in [0.3, 0.4) is 0 Å². The van der Waals surface area contributed by atoms with Crippen LogP contribution in [0.1, 0.15) is 47.7 Å². The molecule has 1 N–H and O–H groups in total. The van der Waals surface area contributed by atoms with Gasteiger partial charge in [-0.3, -0.25) is 0 Å². The van der Waals surface area contributed by atoms with Crippen LogP contribution in [-0.4, -0.2) is 0 Å². The lowest BCUT2D eigenvalue weighted by molar-refractivity contribution is 0.660. The highest BCUT2D eigenvalue weighted by atomic mass is 15.1. The van der Waals surface area contributed by atoms with Gasteiger partial charge in [-0.15, -0.1) is 0 Å². The maximum Gasteiger partial charge on any atom is 0.0767 e. The topological polar surface area (TPSA) is 15.3 Å². The van der Waals surface area contributed by atoms with E-state index in [0.29, 0.717) is 0 Å². The summed E-state index contributed by atoms with van der Waals surface area (Å²) in [4.78, 5) is 2.30. The molecule has 1 aliphatic heterocycles. The van der Waals surface area contributed by atoms with Crippen molar-refractivity contribution >= 4 is 22.6 Å². The van der Waals surface area contributed by atoms with Crippen molar-refractivity contribution in [2.45, 2.75) is 25.3 Å². The molecule has 2 aliphatic rings. The number of para-hydroxylation sites is 1. The van der Waals surface area contributed by atoms with Crippen LogP contribution in [0.2, 0.25) is 0 Å². The van der Waals surface area contributed by atoms with Crippen LogP contribution >= 0.6 is 0 Å². The summed E-state index contributed by atoms with van der Waals surface area (Å²) in [5.74, 6) is 0. The van der Waals surface area contributed by atoms with Gasteiger partial charge in [0.25, 0.3) is 0 Å². The maximum absolute atomic E-state index is 4.46. The Kier molecular flexibility index (Phi) is 6.40. The summed E-state index contributed by atoms with van der Waals surface area (Å²) < 4.78 is 0. The van der Waals surface area contributed by atoms with Gasteiger partial charge in [-0.2, -0.15) is 0 Å². The lowest BCUT2D eigenvalue weighted by Crippen LogP contribution is -2.17. The van der Waals surface area contributed by atoms with Gasteiger partial charge in [0.2, 0.25) is 0 Å². The number of hydrogen-bond donors (Lipinski definition) is 1. The molecule has 0 spiro atoms. The molecule has 0 saturated carbocycles. The number of nitrogens with one attached hydrogen (secondary N) is 1. The number of hydrogen-bond acceptors (Lipinski definition) is 2. The van der Waals surface area contributed by atoms with Gasteiger partial charge in [-0.1, -0.05) is 118 Å². The zero-order valence-corrected chi connectivity index (χ0v) is 24.1. The van der Waals surface area contributed by atoms with E-state index in [1.807, 2.05) is 6.07 Å². The van der Waals surface area contributed by atoms with Crippen LogP contribution in [0.25, 0.3) is 16.7 Å². The van der Waals surface area contributed by atoms with Crippen molar-refractivity contribution in [3.8, 4) is 11.1 Å². The smallest absolute Gasteiger partial charge is 0.0767 e. The maximum atomic E-state index is 4.46. The zero-order chi connectivity index (χ0) is 28.7. The number of allylic oxidation sites excluding steroid dienone is 4. The van der Waals surface area contributed by atoms with Crippen LogP contribution in [0.4, 0.5) is 17.1 Å². The van der Waals surface area contributed by atoms with E-state index in [4.69, 9.17) is 0 Å². The van der Waals surface area contributed by atoms with Crippen molar-refractivity contribution < 1.29 is 0 Å². The minimum atomic E-state index is -0.0776. The van der Waals surface area contributed by atoms with Crippen molar-refractivity contribution in [2.75, 3.05) is 10.2 Å². The van der Waals surface area contributed by atoms with Gasteiger partial charge in [0, 0.05) is 28.6 Å². The van der Waals surface area contributed by atoms with Crippen molar-refractivity contribution in [3.05, 3.63) is 180 Å². The van der Waals surface area contributed by atoms with Crippen LogP contribution in [0, 0.1) is 0 Å². The molecule has 42 heavy (non-hydrogen) atoms. The summed E-state index contributed by atoms with van der Waals surface area (Å²) in [5.41, 5.74) is 13.2. The third-order valence-electron chi connectivity index (χ3n) is 8.67. The first-order valence-corrected chi connectivity index (χ1v) is 14.6. The van der Waals surface area contributed by atoms with Gasteiger partial charge in [0.1, 0.15) is 0 Å². The largest absolute Gasteiger partial charge is 0.374 e. The normalized spacial score (nSPS) is 16.8. The zero-order valence-electron chi connectivity index (χ0n) is 24.1. The van der Waals surface area contributed by atoms with Gasteiger partial charge in [-0.25, -0.2) is 0 Å². The Labute approximate surface area is 249 Å². The monoisotopic (exact) mass is 542 g/mol. The lowest BCUT2D eigenvalue weighted by Gasteiger charge is -2.29. The van der Waals surface area contributed by atoms with E-state index in [2.05, 4.69) is 170 Å². The highest BCUT2D eigenvalue weighted by molar-refractivity contribution is 5.92. The molecule has 1 atom stereocenters. The van der Waals surface area contributed by atoms with Crippen molar-refractivity contribution in [3.63, 3.8) is 0 Å². The average Bonchev–Trinajstić information content (AvgIpc) is 3.25. The Hall–Kier alpha value is -5.08. The summed E-state index contributed by atoms with van der Waals surface area (Å²) in [7, 11) is 0. The number of fused-ring (bicyclic) bond motifs is 4. The van der Waals surface area contributed by atoms with Gasteiger partial charge in [0.05, 0.1) is 11.7 Å². The van der Waals surface area contributed by atoms with Crippen LogP contribution in [0.15, 0.2) is 152 Å². The number of nitrogens with zero attached hydrogens (tertiary/aromatic N) is 1. The third kappa shape index (κ3) is 4.46. The van der Waals surface area contributed by atoms with Crippen molar-refractivity contribution in [2.24, 2.45) is 0 Å². The molecule has 5 aromatic rings. The first kappa shape index (κ1) is 25.9. The van der Waals surface area contributed by atoms with Gasteiger partial charge in [-0.05, 0) is 81.4 Å². The van der Waals surface area contributed by atoms with Crippen LogP contribution in [-0.2, 0) is 5.41 Å². The summed E-state index contributed by atoms with van der Waals surface area (Å²) >= 11 is 0. The molecule has 0 radical (unpaired) electrons. The highest BCUT2D eigenvalue weighted by Crippen LogP contribution is 2.52. The molecule has 0 bridgehead atoms. The average molecular weight is 543 g/mol. The van der Waals surface area contributed by atoms with E-state index < -0.39 is 0 Å². The lowest BCUT2D eigenvalue weighted by atomic mass is 9.81. The second-order valence-corrected chi connectivity index (χ2v) is 11.6. The Morgan fingerprint density at radius 3 is 2.07 bits per heavy atom. The quantitative estimate of drug-likeness (QED) is 0.238. The fourth-order valence-electron chi connectivity index (χ4n) is 6.43. The fraction of sp³-hybridized carbons (Fsp3) is 0.100. The van der Waals surface area contributed by atoms with Crippen molar-refractivity contribution in [1.82, 2.24) is 0 Å². The minimum absolute atomic E-state index is 0.0306. The van der Waals surface area contributed by atoms with Crippen LogP contribution < -0.4 is 10.2 Å². The number of rotatable bonds is 5. The Morgan fingerprint density at radius 1 is 0.643 bits per heavy atom. The standard InChI is InChI=1S/C40H34N2/c1-28-14-12-13-25-42(38-27-37-35(26-34(28)38)33-19-10-11-20-36(33)40(37,2)3)32-23-21-30(22-24-32)39(29-15-6-4-7-16-29)41-31-17-8-5-9-18-31/h4-27,39,41H,1H2,2-3H3/b14-12-,25-13-. The molecule has 2 heteroatoms. The summed E-state index contributed by atoms with van der Waals surface area (Å²) in [6.07, 6.45) is 8.44. The van der Waals surface area contributed by atoms with Crippen molar-refractivity contribution in [1.29, 1.82) is 0 Å². The Bertz CT molecular complexity index is 1830. The predicted molar refractivity (Wildman–Crippen MR) is 178 cm³/mol. The van der Waals surface area contributed by atoms with E-state index >= 15 is 0 Å². The molecule has 1 unspecified atom stereocenters. The van der Waals surface area contributed by atoms with Gasteiger partial charge < -0.3 is 10.2 Å². The number of benzene rings is 5. The first-order valence-electron chi connectivity index (χ1n) is 14.6. The first-order chi connectivity index (χ1) is 20.5. The third-order valence-corrected chi connectivity index (χ3v) is 8.67. The molecular weight excluding hydrogens is 508 g/mol. The summed E-state index contributed by atoms with van der Waals surface area (Å²) in [6.45, 7) is 9.13. The second kappa shape index (κ2) is 10.4. The van der Waals surface area contributed by atoms with Crippen LogP contribution in [0.5, 0.6) is 0 Å². The van der Waals surface area contributed by atoms with E-state index in [1.54, 1.807) is 0 Å². The Morgan fingerprint density at radius 2 is 1.31 bits per heavy atom. The molecule has 2 nitrogen and oxygen atoms in total. The highest BCUT2D eigenvalue weighted by Gasteiger charge is 2.36. The SMILES string of the molecule is C=C1/C=C\C=C/N(c2ccc(C(Nc3ccccc3)c3ccccc3)cc2)c2cc3c(cc21)-c1ccccc1C3(C)C. The molecule has 0 saturated heterocycles. The number of anilines is 3. The molecule has 0 amide bonds. The van der Waals surface area contributed by atoms with E-state index in [1.165, 1.54) is 33.4 Å². The molecule has 0 aromatic heterocycles. The molecule has 7 rings (SSSR count). The molecule has 204 valence electrons. The van der Waals surface area contributed by atoms with Gasteiger partial charge in [0.15, 0.2) is 0 Å². The molecular formula is C40H34N2. The summed E-state index contributed by atoms with van der Waals surface area (Å²) in [6, 6.07) is 43.6. The predicted octanol–water partition coefficient (Wildman–Crippen LogP) is 10.4. The van der Waals surface area contributed by atoms with E-state index in [0.717, 1.165) is 28.2 Å². The second-order valence-electron chi connectivity index (χ2n) is 11.6. The van der Waals surface area contributed by atoms with E-state index in [9.17, 15) is 0 Å². The fourth-order valence-corrected chi connectivity index (χ4v) is 6.43. The molecule has 1 aliphatic carbocycles. The van der Waals surface area contributed by atoms with E-state index in [-0.39, 0.29) is 11.5 Å². The van der Waals surface area contributed by atoms with Gasteiger partial charge >= 0.3 is 0 Å². The molecule has 0 fully saturated rings. The minimum Gasteiger partial charge on any atom is -0.374 e. The summed E-state index contributed by atoms with van der Waals surface area (Å²) in [5, 5.41) is 3.75. The Balaban J connectivity index is 1.31.